The summed E-state index contributed by atoms with van der Waals surface area (Å²) in [6.45, 7) is 2.51. The molecule has 0 amide bonds. The lowest BCUT2D eigenvalue weighted by Gasteiger charge is -2.33. The van der Waals surface area contributed by atoms with Gasteiger partial charge in [0.05, 0.1) is 6.26 Å². The van der Waals surface area contributed by atoms with Crippen LogP contribution in [0, 0.1) is 0 Å². The first-order valence-electron chi connectivity index (χ1n) is 7.44. The lowest BCUT2D eigenvalue weighted by Crippen LogP contribution is -2.43. The molecule has 3 rings (SSSR count). The fraction of sp³-hybridized carbons (Fsp3) is 0.438. The van der Waals surface area contributed by atoms with E-state index in [2.05, 4.69) is 21.3 Å². The van der Waals surface area contributed by atoms with Crippen LogP contribution in [0.25, 0.3) is 0 Å². The quantitative estimate of drug-likeness (QED) is 0.880. The molecular weight excluding hydrogens is 266 g/mol. The number of furan rings is 1. The third kappa shape index (κ3) is 3.62. The van der Waals surface area contributed by atoms with Crippen molar-refractivity contribution in [3.63, 3.8) is 0 Å². The smallest absolute Gasteiger partial charge is 0.133 e. The van der Waals surface area contributed by atoms with Crippen LogP contribution in [0.2, 0.25) is 0 Å². The number of aromatic nitrogens is 1. The van der Waals surface area contributed by atoms with Crippen molar-refractivity contribution in [3.05, 3.63) is 48.6 Å². The molecule has 5 heteroatoms. The maximum absolute atomic E-state index is 9.99. The van der Waals surface area contributed by atoms with Crippen LogP contribution in [-0.2, 0) is 0 Å². The van der Waals surface area contributed by atoms with Gasteiger partial charge in [-0.05, 0) is 37.1 Å². The van der Waals surface area contributed by atoms with E-state index in [-0.39, 0.29) is 0 Å². The monoisotopic (exact) mass is 287 g/mol. The summed E-state index contributed by atoms with van der Waals surface area (Å²) in [5.41, 5.74) is 0. The Hall–Kier alpha value is -1.85. The minimum absolute atomic E-state index is 0.439. The number of nitrogens with one attached hydrogen (secondary N) is 1. The molecule has 0 aliphatic carbocycles. The first kappa shape index (κ1) is 14.1. The number of hydrogen-bond acceptors (Lipinski definition) is 5. The molecule has 2 aromatic rings. The van der Waals surface area contributed by atoms with Crippen molar-refractivity contribution in [2.24, 2.45) is 0 Å². The summed E-state index contributed by atoms with van der Waals surface area (Å²) < 4.78 is 5.20. The molecule has 1 aliphatic rings. The molecule has 3 heterocycles. The SMILES string of the molecule is OC(CNC1CCN(c2ccccn2)CC1)c1ccco1. The minimum atomic E-state index is -0.575. The van der Waals surface area contributed by atoms with Crippen molar-refractivity contribution in [2.75, 3.05) is 24.5 Å². The van der Waals surface area contributed by atoms with Crippen molar-refractivity contribution < 1.29 is 9.52 Å². The first-order valence-corrected chi connectivity index (χ1v) is 7.44. The number of aliphatic hydroxyl groups is 1. The zero-order valence-corrected chi connectivity index (χ0v) is 12.0. The molecule has 0 spiro atoms. The Bertz CT molecular complexity index is 522. The number of rotatable bonds is 5. The summed E-state index contributed by atoms with van der Waals surface area (Å²) in [6.07, 6.45) is 4.96. The number of aliphatic hydroxyl groups excluding tert-OH is 1. The van der Waals surface area contributed by atoms with Crippen LogP contribution >= 0.6 is 0 Å². The largest absolute Gasteiger partial charge is 0.467 e. The van der Waals surface area contributed by atoms with Gasteiger partial charge >= 0.3 is 0 Å². The molecule has 2 aromatic heterocycles. The van der Waals surface area contributed by atoms with Gasteiger partial charge in [0.15, 0.2) is 0 Å². The van der Waals surface area contributed by atoms with Crippen molar-refractivity contribution >= 4 is 5.82 Å². The molecule has 2 N–H and O–H groups in total. The molecule has 5 nitrogen and oxygen atoms in total. The highest BCUT2D eigenvalue weighted by Crippen LogP contribution is 2.18. The molecule has 112 valence electrons. The summed E-state index contributed by atoms with van der Waals surface area (Å²) in [4.78, 5) is 6.70. The van der Waals surface area contributed by atoms with Crippen LogP contribution in [0.5, 0.6) is 0 Å². The third-order valence-electron chi connectivity index (χ3n) is 3.94. The van der Waals surface area contributed by atoms with Crippen molar-refractivity contribution in [1.82, 2.24) is 10.3 Å². The average Bonchev–Trinajstić information content (AvgIpc) is 3.08. The number of anilines is 1. The molecule has 21 heavy (non-hydrogen) atoms. The van der Waals surface area contributed by atoms with E-state index >= 15 is 0 Å². The van der Waals surface area contributed by atoms with E-state index in [0.29, 0.717) is 18.3 Å². The average molecular weight is 287 g/mol. The van der Waals surface area contributed by atoms with Crippen LogP contribution in [0.15, 0.2) is 47.2 Å². The van der Waals surface area contributed by atoms with Crippen LogP contribution < -0.4 is 10.2 Å². The van der Waals surface area contributed by atoms with Crippen LogP contribution in [0.3, 0.4) is 0 Å². The summed E-state index contributed by atoms with van der Waals surface area (Å²) >= 11 is 0. The highest BCUT2D eigenvalue weighted by atomic mass is 16.4. The van der Waals surface area contributed by atoms with Crippen molar-refractivity contribution in [3.8, 4) is 0 Å². The van der Waals surface area contributed by atoms with Gasteiger partial charge in [0, 0.05) is 31.9 Å². The Morgan fingerprint density at radius 3 is 2.81 bits per heavy atom. The molecular formula is C16H21N3O2. The minimum Gasteiger partial charge on any atom is -0.467 e. The van der Waals surface area contributed by atoms with E-state index in [1.807, 2.05) is 18.3 Å². The molecule has 1 saturated heterocycles. The van der Waals surface area contributed by atoms with Gasteiger partial charge in [-0.25, -0.2) is 4.98 Å². The number of nitrogens with zero attached hydrogens (tertiary/aromatic N) is 2. The van der Waals surface area contributed by atoms with E-state index in [9.17, 15) is 5.11 Å². The summed E-state index contributed by atoms with van der Waals surface area (Å²) in [7, 11) is 0. The normalized spacial score (nSPS) is 17.9. The fourth-order valence-corrected chi connectivity index (χ4v) is 2.71. The second-order valence-electron chi connectivity index (χ2n) is 5.39. The molecule has 0 saturated carbocycles. The highest BCUT2D eigenvalue weighted by molar-refractivity contribution is 5.38. The zero-order chi connectivity index (χ0) is 14.5. The molecule has 1 aliphatic heterocycles. The van der Waals surface area contributed by atoms with Gasteiger partial charge in [-0.1, -0.05) is 6.07 Å². The van der Waals surface area contributed by atoms with E-state index in [0.717, 1.165) is 31.7 Å². The Balaban J connectivity index is 1.44. The van der Waals surface area contributed by atoms with E-state index < -0.39 is 6.10 Å². The summed E-state index contributed by atoms with van der Waals surface area (Å²) in [5.74, 6) is 1.67. The Morgan fingerprint density at radius 1 is 1.29 bits per heavy atom. The lowest BCUT2D eigenvalue weighted by atomic mass is 10.0. The number of pyridine rings is 1. The fourth-order valence-electron chi connectivity index (χ4n) is 2.71. The van der Waals surface area contributed by atoms with Gasteiger partial charge in [-0.2, -0.15) is 0 Å². The molecule has 0 bridgehead atoms. The summed E-state index contributed by atoms with van der Waals surface area (Å²) in [6, 6.07) is 10.0. The van der Waals surface area contributed by atoms with Crippen molar-refractivity contribution in [1.29, 1.82) is 0 Å². The Labute approximate surface area is 124 Å². The van der Waals surface area contributed by atoms with Gasteiger partial charge in [0.25, 0.3) is 0 Å². The maximum Gasteiger partial charge on any atom is 0.133 e. The van der Waals surface area contributed by atoms with Crippen LogP contribution in [-0.4, -0.2) is 35.8 Å². The molecule has 0 radical (unpaired) electrons. The third-order valence-corrected chi connectivity index (χ3v) is 3.94. The molecule has 1 fully saturated rings. The Kier molecular flexibility index (Phi) is 4.52. The predicted octanol–water partition coefficient (Wildman–Crippen LogP) is 1.97. The molecule has 1 unspecified atom stereocenters. The lowest BCUT2D eigenvalue weighted by molar-refractivity contribution is 0.141. The highest BCUT2D eigenvalue weighted by Gasteiger charge is 2.21. The van der Waals surface area contributed by atoms with Crippen LogP contribution in [0.1, 0.15) is 24.7 Å². The van der Waals surface area contributed by atoms with Gasteiger partial charge in [-0.3, -0.25) is 0 Å². The predicted molar refractivity (Wildman–Crippen MR) is 81.1 cm³/mol. The standard InChI is InChI=1S/C16H21N3O2/c20-14(15-4-3-11-21-15)12-18-13-6-9-19(10-7-13)16-5-1-2-8-17-16/h1-5,8,11,13-14,18,20H,6-7,9-10,12H2. The summed E-state index contributed by atoms with van der Waals surface area (Å²) in [5, 5.41) is 13.4. The van der Waals surface area contributed by atoms with Gasteiger partial charge < -0.3 is 19.7 Å². The Morgan fingerprint density at radius 2 is 2.14 bits per heavy atom. The topological polar surface area (TPSA) is 61.5 Å². The van der Waals surface area contributed by atoms with Gasteiger partial charge in [-0.15, -0.1) is 0 Å². The maximum atomic E-state index is 9.99. The number of hydrogen-bond donors (Lipinski definition) is 2. The van der Waals surface area contributed by atoms with Crippen molar-refractivity contribution in [2.45, 2.75) is 25.0 Å². The van der Waals surface area contributed by atoms with E-state index in [4.69, 9.17) is 4.42 Å². The number of piperidine rings is 1. The van der Waals surface area contributed by atoms with Gasteiger partial charge in [0.2, 0.25) is 0 Å². The zero-order valence-electron chi connectivity index (χ0n) is 12.0. The molecule has 1 atom stereocenters. The molecule has 0 aromatic carbocycles. The second-order valence-corrected chi connectivity index (χ2v) is 5.39. The van der Waals surface area contributed by atoms with Gasteiger partial charge in [0.1, 0.15) is 17.7 Å². The van der Waals surface area contributed by atoms with E-state index in [1.165, 1.54) is 0 Å². The van der Waals surface area contributed by atoms with E-state index in [1.54, 1.807) is 18.4 Å². The second kappa shape index (κ2) is 6.74. The first-order chi connectivity index (χ1) is 10.3. The van der Waals surface area contributed by atoms with Crippen LogP contribution in [0.4, 0.5) is 5.82 Å².